The van der Waals surface area contributed by atoms with Crippen LogP contribution in [0.25, 0.3) is 0 Å². The van der Waals surface area contributed by atoms with Gasteiger partial charge in [-0.15, -0.1) is 0 Å². The Labute approximate surface area is 726 Å². The minimum atomic E-state index is -1.96. The van der Waals surface area contributed by atoms with Crippen LogP contribution in [0.15, 0.2) is 36.0 Å². The maximum atomic E-state index is 15.9. The summed E-state index contributed by atoms with van der Waals surface area (Å²) >= 11 is 0. The van der Waals surface area contributed by atoms with E-state index in [4.69, 9.17) is 23.7 Å². The minimum absolute atomic E-state index is 0.0257. The molecule has 692 valence electrons. The predicted octanol–water partition coefficient (Wildman–Crippen LogP) is 5.07. The number of nitrogens with one attached hydrogen (secondary N) is 4. The molecule has 4 fully saturated rings. The first-order chi connectivity index (χ1) is 57.2. The van der Waals surface area contributed by atoms with Gasteiger partial charge in [-0.2, -0.15) is 0 Å². The Morgan fingerprint density at radius 2 is 1.08 bits per heavy atom. The molecule has 1 aliphatic heterocycles. The summed E-state index contributed by atoms with van der Waals surface area (Å²) in [7, 11) is 9.43. The zero-order valence-corrected chi connectivity index (χ0v) is 77.5. The molecule has 0 aromatic rings. The molecule has 1 saturated heterocycles. The van der Waals surface area contributed by atoms with E-state index in [-0.39, 0.29) is 98.6 Å². The van der Waals surface area contributed by atoms with Crippen molar-refractivity contribution in [1.29, 1.82) is 0 Å². The number of aliphatic hydroxyl groups excluding tert-OH is 1. The van der Waals surface area contributed by atoms with E-state index in [0.717, 1.165) is 25.2 Å². The van der Waals surface area contributed by atoms with Gasteiger partial charge in [-0.1, -0.05) is 135 Å². The number of allylic oxidation sites excluding steroid dienone is 6. The van der Waals surface area contributed by atoms with Crippen LogP contribution < -0.4 is 21.3 Å². The molecule has 34 nitrogen and oxygen atoms in total. The predicted molar refractivity (Wildman–Crippen MR) is 454 cm³/mol. The highest BCUT2D eigenvalue weighted by molar-refractivity contribution is 6.02. The molecule has 13 unspecified atom stereocenters. The van der Waals surface area contributed by atoms with E-state index in [0.29, 0.717) is 19.3 Å². The normalized spacial score (nSPS) is 30.2. The Hall–Kier alpha value is -9.18. The molecule has 0 bridgehead atoms. The highest BCUT2D eigenvalue weighted by Gasteiger charge is 2.68. The number of hydrogen-bond donors (Lipinski definition) is 6. The van der Waals surface area contributed by atoms with Crippen molar-refractivity contribution in [2.45, 2.75) is 280 Å². The molecule has 5 aliphatic rings. The van der Waals surface area contributed by atoms with Crippen molar-refractivity contribution in [3.63, 3.8) is 0 Å². The summed E-state index contributed by atoms with van der Waals surface area (Å²) < 4.78 is 26.9. The van der Waals surface area contributed by atoms with Crippen LogP contribution in [0.5, 0.6) is 0 Å². The average molecular weight is 1740 g/mol. The molecule has 11 amide bonds. The van der Waals surface area contributed by atoms with Gasteiger partial charge in [0.05, 0.1) is 12.6 Å². The summed E-state index contributed by atoms with van der Waals surface area (Å²) in [4.78, 5) is 239. The number of carbonyl (C=O) groups is 16. The number of amides is 11. The Balaban J connectivity index is 1.49. The van der Waals surface area contributed by atoms with Gasteiger partial charge in [0.2, 0.25) is 77.6 Å². The van der Waals surface area contributed by atoms with Crippen molar-refractivity contribution in [3.8, 4) is 0 Å². The molecule has 0 spiro atoms. The third-order valence-corrected chi connectivity index (χ3v) is 25.6. The molecule has 4 aliphatic carbocycles. The van der Waals surface area contributed by atoms with Crippen molar-refractivity contribution < 1.29 is 111 Å². The zero-order valence-electron chi connectivity index (χ0n) is 77.5. The van der Waals surface area contributed by atoms with Crippen LogP contribution in [0.3, 0.4) is 0 Å². The largest absolute Gasteiger partial charge is 0.511 e. The number of aliphatic hydroxyl groups is 2. The maximum Gasteiger partial charge on any atom is 0.511 e. The molecule has 0 aromatic heterocycles. The maximum absolute atomic E-state index is 15.9. The average Bonchev–Trinajstić information content (AvgIpc) is 1.59. The van der Waals surface area contributed by atoms with Crippen LogP contribution in [0.1, 0.15) is 202 Å². The summed E-state index contributed by atoms with van der Waals surface area (Å²) in [6.07, 6.45) is 6.22. The Bertz CT molecular complexity index is 3920. The SMILES string of the molecule is CC=CC[C@@H](C)C(OC(=O)OCOC(=O)COCC(=O)OCC(=O)[C@@]1(O)CCC2C3CCC4=CC(=O)C=C[C@]4(C)C3[C@@H](O)C[C@@]21C)C1C(=O)NC(CC)C(=O)N(C)CC(=O)N(C)[C@@H](CC(C)C)C(=O)NC(C(C)C)C(=O)N(C)C(CC(C)C)C(=O)NC(C)C(=O)NC(C)C(=O)N(C)C(CC(C)C)C(=O)N(C)C(CC(C)C)C(=O)N(C)C(C(C)C)C(=O)N1C. The van der Waals surface area contributed by atoms with Gasteiger partial charge in [-0.05, 0) is 157 Å². The molecule has 0 radical (unpaired) electrons. The number of ketones is 2. The Kier molecular flexibility index (Phi) is 38.3. The van der Waals surface area contributed by atoms with Crippen LogP contribution in [-0.2, 0) is 95.6 Å². The molecule has 5 rings (SSSR count). The van der Waals surface area contributed by atoms with Crippen LogP contribution in [0.2, 0.25) is 0 Å². The summed E-state index contributed by atoms with van der Waals surface area (Å²) in [6, 6.07) is -13.8. The molecule has 3 saturated carbocycles. The van der Waals surface area contributed by atoms with Crippen molar-refractivity contribution in [2.24, 2.45) is 70.0 Å². The fourth-order valence-corrected chi connectivity index (χ4v) is 18.5. The van der Waals surface area contributed by atoms with Crippen molar-refractivity contribution >= 4 is 94.6 Å². The number of likely N-dealkylation sites (N-methyl/N-ethyl adjacent to an activating group) is 7. The highest BCUT2D eigenvalue weighted by atomic mass is 16.8. The molecule has 123 heavy (non-hydrogen) atoms. The molecule has 34 heteroatoms. The number of ether oxygens (including phenoxy) is 5. The molecular weight excluding hydrogens is 1590 g/mol. The van der Waals surface area contributed by atoms with E-state index < -0.39 is 229 Å². The van der Waals surface area contributed by atoms with Gasteiger partial charge in [0.1, 0.15) is 85.3 Å². The van der Waals surface area contributed by atoms with E-state index in [1.807, 2.05) is 68.4 Å². The minimum Gasteiger partial charge on any atom is -0.456 e. The van der Waals surface area contributed by atoms with Gasteiger partial charge in [-0.3, -0.25) is 62.3 Å². The van der Waals surface area contributed by atoms with Crippen molar-refractivity contribution in [2.75, 3.05) is 82.5 Å². The van der Waals surface area contributed by atoms with Gasteiger partial charge in [-0.25, -0.2) is 14.4 Å². The summed E-state index contributed by atoms with van der Waals surface area (Å²) in [5.41, 5.74) is -2.68. The second kappa shape index (κ2) is 45.1. The fourth-order valence-electron chi connectivity index (χ4n) is 18.5. The smallest absolute Gasteiger partial charge is 0.456 e. The number of rotatable bonds is 25. The number of Topliss-reactive ketones (excluding diaryl/α,β-unsaturated/α-hetero) is 1. The lowest BCUT2D eigenvalue weighted by Crippen LogP contribution is -2.64. The van der Waals surface area contributed by atoms with E-state index >= 15 is 19.2 Å². The molecule has 19 atom stereocenters. The lowest BCUT2D eigenvalue weighted by Gasteiger charge is -2.59. The number of nitrogens with zero attached hydrogens (tertiary/aromatic N) is 7. The van der Waals surface area contributed by atoms with Crippen LogP contribution in [-0.4, -0.2) is 300 Å². The topological polar surface area (TPSA) is 431 Å². The van der Waals surface area contributed by atoms with Gasteiger partial charge < -0.3 is 89.5 Å². The molecular formula is C89H143N11O23. The van der Waals surface area contributed by atoms with Crippen LogP contribution in [0.4, 0.5) is 4.79 Å². The molecule has 6 N–H and O–H groups in total. The monoisotopic (exact) mass is 1730 g/mol. The lowest BCUT2D eigenvalue weighted by molar-refractivity contribution is -0.182. The van der Waals surface area contributed by atoms with Crippen molar-refractivity contribution in [1.82, 2.24) is 55.6 Å². The van der Waals surface area contributed by atoms with Crippen LogP contribution in [0, 0.1) is 70.0 Å². The molecule has 0 aromatic carbocycles. The van der Waals surface area contributed by atoms with Gasteiger partial charge in [0, 0.05) is 66.1 Å². The van der Waals surface area contributed by atoms with Crippen LogP contribution >= 0.6 is 0 Å². The summed E-state index contributed by atoms with van der Waals surface area (Å²) in [5.74, 6) is -15.5. The molecule has 1 heterocycles. The van der Waals surface area contributed by atoms with Crippen molar-refractivity contribution in [3.05, 3.63) is 36.0 Å². The quantitative estimate of drug-likeness (QED) is 0.0301. The fraction of sp³-hybridized carbons (Fsp3) is 0.753. The number of fused-ring (bicyclic) bond motifs is 5. The van der Waals surface area contributed by atoms with Gasteiger partial charge >= 0.3 is 18.1 Å². The van der Waals surface area contributed by atoms with Gasteiger partial charge in [0.15, 0.2) is 12.4 Å². The number of esters is 2. The standard InChI is InChI=1S/C89H143N11O23/c1-27-29-30-54(15)75(123-86(117)122-47-121-70(106)46-119-45-69(105)120-44-67(103)89(118)36-34-60-59-32-31-57-41-58(101)33-35-87(57,18)71(59)66(102)42-88(60,89)19)74-79(110)92-61(28-2)81(112)94(20)43-68(104)95(21)62(37-48(3)4)78(109)93-72(52(11)12)84(115)96(22)63(38-49(5)6)77(108)90-55(16)76(107)91-56(17)80(111)97(23)64(39-50(7)8)82(113)98(24)65(40-51(9)10)83(114)99(25)73(53(13)14)85(116)100(74)26/h27,29,33,35,41,48-56,59-66,71-75,102,118H,28,30-32,34,36-40,42-47H2,1-26H3,(H,90,108)(H,91,107)(H,92,110)(H,93,109)/t54-,55?,56?,59?,60?,61?,62+,63?,64?,65?,66+,71?,72?,73?,74?,75?,87+,88+,89+/m1/s1. The summed E-state index contributed by atoms with van der Waals surface area (Å²) in [5, 5.41) is 34.9. The highest BCUT2D eigenvalue weighted by Crippen LogP contribution is 2.67. The van der Waals surface area contributed by atoms with E-state index in [2.05, 4.69) is 21.3 Å². The third-order valence-electron chi connectivity index (χ3n) is 25.6. The van der Waals surface area contributed by atoms with E-state index in [9.17, 15) is 67.7 Å². The third kappa shape index (κ3) is 25.6. The Morgan fingerprint density at radius 3 is 1.63 bits per heavy atom. The Morgan fingerprint density at radius 1 is 0.569 bits per heavy atom. The lowest BCUT2D eigenvalue weighted by atomic mass is 9.46. The van der Waals surface area contributed by atoms with Gasteiger partial charge in [0.25, 0.3) is 0 Å². The first kappa shape index (κ1) is 104. The van der Waals surface area contributed by atoms with E-state index in [1.165, 1.54) is 84.0 Å². The first-order valence-electron chi connectivity index (χ1n) is 43.5. The number of carbonyl (C=O) groups excluding carboxylic acids is 16. The first-order valence-corrected chi connectivity index (χ1v) is 43.5. The van der Waals surface area contributed by atoms with E-state index in [1.54, 1.807) is 73.6 Å². The number of hydrogen-bond acceptors (Lipinski definition) is 23. The second-order valence-corrected chi connectivity index (χ2v) is 37.4. The zero-order chi connectivity index (χ0) is 93.3. The summed E-state index contributed by atoms with van der Waals surface area (Å²) in [6.45, 7) is 28.2. The second-order valence-electron chi connectivity index (χ2n) is 37.4.